The van der Waals surface area contributed by atoms with Crippen molar-refractivity contribution in [3.8, 4) is 5.75 Å². The summed E-state index contributed by atoms with van der Waals surface area (Å²) in [5.74, 6) is 0.739. The van der Waals surface area contributed by atoms with E-state index in [0.717, 1.165) is 41.4 Å². The van der Waals surface area contributed by atoms with Crippen LogP contribution in [0.3, 0.4) is 0 Å². The lowest BCUT2D eigenvalue weighted by Gasteiger charge is -2.27. The molecule has 0 bridgehead atoms. The molecule has 0 fully saturated rings. The smallest absolute Gasteiger partial charge is 0.268 e. The van der Waals surface area contributed by atoms with Crippen molar-refractivity contribution < 1.29 is 9.53 Å². The van der Waals surface area contributed by atoms with Crippen LogP contribution in [-0.4, -0.2) is 27.9 Å². The number of hydrogen-bond acceptors (Lipinski definition) is 4. The van der Waals surface area contributed by atoms with Gasteiger partial charge in [0.15, 0.2) is 0 Å². The lowest BCUT2D eigenvalue weighted by Crippen LogP contribution is -2.25. The van der Waals surface area contributed by atoms with E-state index in [1.807, 2.05) is 48.9 Å². The summed E-state index contributed by atoms with van der Waals surface area (Å²) in [6.45, 7) is 6.99. The van der Waals surface area contributed by atoms with E-state index in [-0.39, 0.29) is 5.91 Å². The average Bonchev–Trinajstić information content (AvgIpc) is 3.07. The van der Waals surface area contributed by atoms with Gasteiger partial charge < -0.3 is 14.6 Å². The molecule has 0 unspecified atom stereocenters. The van der Waals surface area contributed by atoms with Crippen molar-refractivity contribution in [1.82, 2.24) is 14.2 Å². The summed E-state index contributed by atoms with van der Waals surface area (Å²) < 4.78 is 10.0. The van der Waals surface area contributed by atoms with Gasteiger partial charge in [-0.15, -0.1) is 0 Å². The molecule has 1 aromatic heterocycles. The van der Waals surface area contributed by atoms with E-state index in [4.69, 9.17) is 4.74 Å². The molecule has 0 saturated heterocycles. The Balaban J connectivity index is 1.43. The molecule has 2 aromatic carbocycles. The summed E-state index contributed by atoms with van der Waals surface area (Å²) >= 11 is 1.74. The fourth-order valence-corrected chi connectivity index (χ4v) is 4.98. The summed E-state index contributed by atoms with van der Waals surface area (Å²) in [5, 5.41) is 3.05. The number of fused-ring (bicyclic) bond motifs is 1. The Morgan fingerprint density at radius 2 is 1.87 bits per heavy atom. The second-order valence-corrected chi connectivity index (χ2v) is 8.87. The number of hydrogen-bond donors (Lipinski definition) is 1. The minimum Gasteiger partial charge on any atom is -0.494 e. The molecule has 1 amide bonds. The molecule has 162 valence electrons. The quantitative estimate of drug-likeness (QED) is 0.545. The molecule has 1 aliphatic rings. The van der Waals surface area contributed by atoms with Crippen molar-refractivity contribution in [2.24, 2.45) is 7.05 Å². The molecular formula is C25H29N3O2S. The number of rotatable bonds is 7. The van der Waals surface area contributed by atoms with Crippen LogP contribution in [0.25, 0.3) is 0 Å². The van der Waals surface area contributed by atoms with Crippen LogP contribution >= 0.6 is 11.9 Å². The van der Waals surface area contributed by atoms with Gasteiger partial charge in [0.2, 0.25) is 0 Å². The summed E-state index contributed by atoms with van der Waals surface area (Å²) in [6, 6.07) is 18.5. The van der Waals surface area contributed by atoms with E-state index in [1.54, 1.807) is 11.9 Å². The van der Waals surface area contributed by atoms with Gasteiger partial charge in [-0.3, -0.25) is 4.79 Å². The van der Waals surface area contributed by atoms with Crippen LogP contribution in [0.1, 0.15) is 39.8 Å². The zero-order chi connectivity index (χ0) is 21.8. The van der Waals surface area contributed by atoms with Crippen LogP contribution < -0.4 is 10.1 Å². The average molecular weight is 436 g/mol. The first-order chi connectivity index (χ1) is 15.1. The standard InChI is InChI=1S/C25H29N3O2S/c1-4-30-23-12-8-7-10-20(23)16-26-25(29)22-15-24(18(2)27(22)3)31-28-14-13-19-9-5-6-11-21(19)17-28/h5-12,15H,4,13-14,16-17H2,1-3H3,(H,26,29). The maximum atomic E-state index is 12.9. The summed E-state index contributed by atoms with van der Waals surface area (Å²) in [4.78, 5) is 14.1. The Morgan fingerprint density at radius 3 is 2.68 bits per heavy atom. The minimum atomic E-state index is -0.0762. The zero-order valence-corrected chi connectivity index (χ0v) is 19.2. The van der Waals surface area contributed by atoms with Crippen LogP contribution in [0.5, 0.6) is 5.75 Å². The number of amides is 1. The Hall–Kier alpha value is -2.70. The Kier molecular flexibility index (Phi) is 6.68. The molecule has 3 aromatic rings. The van der Waals surface area contributed by atoms with Crippen molar-refractivity contribution in [3.05, 3.63) is 82.7 Å². The first-order valence-electron chi connectivity index (χ1n) is 10.7. The summed E-state index contributed by atoms with van der Waals surface area (Å²) in [5.41, 5.74) is 5.58. The highest BCUT2D eigenvalue weighted by Gasteiger charge is 2.21. The summed E-state index contributed by atoms with van der Waals surface area (Å²) in [7, 11) is 1.95. The second-order valence-electron chi connectivity index (χ2n) is 7.74. The molecule has 0 radical (unpaired) electrons. The Bertz CT molecular complexity index is 1080. The predicted molar refractivity (Wildman–Crippen MR) is 125 cm³/mol. The van der Waals surface area contributed by atoms with Gasteiger partial charge in [0.1, 0.15) is 11.4 Å². The van der Waals surface area contributed by atoms with Crippen molar-refractivity contribution in [2.75, 3.05) is 13.2 Å². The monoisotopic (exact) mass is 435 g/mol. The van der Waals surface area contributed by atoms with Crippen LogP contribution in [-0.2, 0) is 26.6 Å². The van der Waals surface area contributed by atoms with E-state index in [0.29, 0.717) is 18.8 Å². The predicted octanol–water partition coefficient (Wildman–Crippen LogP) is 4.73. The molecule has 31 heavy (non-hydrogen) atoms. The highest BCUT2D eigenvalue weighted by Crippen LogP contribution is 2.32. The normalized spacial score (nSPS) is 13.6. The molecule has 6 heteroatoms. The Labute approximate surface area is 188 Å². The highest BCUT2D eigenvalue weighted by atomic mass is 32.2. The van der Waals surface area contributed by atoms with Gasteiger partial charge in [0, 0.05) is 42.8 Å². The lowest BCUT2D eigenvalue weighted by molar-refractivity contribution is 0.0942. The van der Waals surface area contributed by atoms with Gasteiger partial charge in [-0.1, -0.05) is 42.5 Å². The third-order valence-electron chi connectivity index (χ3n) is 5.76. The van der Waals surface area contributed by atoms with E-state index < -0.39 is 0 Å². The third-order valence-corrected chi connectivity index (χ3v) is 6.94. The van der Waals surface area contributed by atoms with Crippen molar-refractivity contribution in [3.63, 3.8) is 0 Å². The fourth-order valence-electron chi connectivity index (χ4n) is 3.88. The topological polar surface area (TPSA) is 46.5 Å². The first-order valence-corrected chi connectivity index (χ1v) is 11.5. The number of carbonyl (C=O) groups is 1. The molecule has 1 aliphatic heterocycles. The van der Waals surface area contributed by atoms with Crippen LogP contribution in [0.15, 0.2) is 59.5 Å². The Morgan fingerprint density at radius 1 is 1.13 bits per heavy atom. The second kappa shape index (κ2) is 9.62. The number of nitrogens with one attached hydrogen (secondary N) is 1. The summed E-state index contributed by atoms with van der Waals surface area (Å²) in [6.07, 6.45) is 1.06. The molecular weight excluding hydrogens is 406 g/mol. The van der Waals surface area contributed by atoms with Crippen LogP contribution in [0, 0.1) is 6.92 Å². The number of nitrogens with zero attached hydrogens (tertiary/aromatic N) is 2. The number of para-hydroxylation sites is 1. The molecule has 2 heterocycles. The highest BCUT2D eigenvalue weighted by molar-refractivity contribution is 7.97. The van der Waals surface area contributed by atoms with E-state index in [2.05, 4.69) is 40.8 Å². The van der Waals surface area contributed by atoms with Gasteiger partial charge in [-0.2, -0.15) is 0 Å². The van der Waals surface area contributed by atoms with Gasteiger partial charge in [-0.05, 0) is 55.5 Å². The number of benzene rings is 2. The van der Waals surface area contributed by atoms with E-state index in [9.17, 15) is 4.79 Å². The van der Waals surface area contributed by atoms with Gasteiger partial charge in [0.05, 0.1) is 6.61 Å². The maximum Gasteiger partial charge on any atom is 0.268 e. The largest absolute Gasteiger partial charge is 0.494 e. The molecule has 0 saturated carbocycles. The van der Waals surface area contributed by atoms with Gasteiger partial charge >= 0.3 is 0 Å². The number of carbonyl (C=O) groups excluding carboxylic acids is 1. The van der Waals surface area contributed by atoms with Crippen molar-refractivity contribution in [1.29, 1.82) is 0 Å². The third kappa shape index (κ3) is 4.81. The van der Waals surface area contributed by atoms with Gasteiger partial charge in [-0.25, -0.2) is 4.31 Å². The molecule has 0 atom stereocenters. The number of aromatic nitrogens is 1. The van der Waals surface area contributed by atoms with Crippen molar-refractivity contribution >= 4 is 17.9 Å². The fraction of sp³-hybridized carbons (Fsp3) is 0.320. The molecule has 1 N–H and O–H groups in total. The maximum absolute atomic E-state index is 12.9. The number of ether oxygens (including phenoxy) is 1. The first kappa shape index (κ1) is 21.5. The molecule has 4 rings (SSSR count). The zero-order valence-electron chi connectivity index (χ0n) is 18.4. The van der Waals surface area contributed by atoms with E-state index in [1.165, 1.54) is 11.1 Å². The molecule has 0 spiro atoms. The van der Waals surface area contributed by atoms with E-state index >= 15 is 0 Å². The molecule has 5 nitrogen and oxygen atoms in total. The lowest BCUT2D eigenvalue weighted by atomic mass is 10.0. The van der Waals surface area contributed by atoms with Gasteiger partial charge in [0.25, 0.3) is 5.91 Å². The van der Waals surface area contributed by atoms with Crippen molar-refractivity contribution in [2.45, 2.75) is 38.3 Å². The minimum absolute atomic E-state index is 0.0762. The molecule has 0 aliphatic carbocycles. The van der Waals surface area contributed by atoms with Crippen LogP contribution in [0.2, 0.25) is 0 Å². The van der Waals surface area contributed by atoms with Crippen LogP contribution in [0.4, 0.5) is 0 Å². The SMILES string of the molecule is CCOc1ccccc1CNC(=O)c1cc(SN2CCc3ccccc3C2)c(C)n1C.